The number of ketones is 1. The Labute approximate surface area is 90.0 Å². The van der Waals surface area contributed by atoms with Crippen molar-refractivity contribution in [2.75, 3.05) is 5.32 Å². The summed E-state index contributed by atoms with van der Waals surface area (Å²) in [6.07, 6.45) is 4.18. The van der Waals surface area contributed by atoms with Crippen LogP contribution in [-0.2, 0) is 0 Å². The highest BCUT2D eigenvalue weighted by molar-refractivity contribution is 6.02. The van der Waals surface area contributed by atoms with Gasteiger partial charge in [0.15, 0.2) is 5.78 Å². The van der Waals surface area contributed by atoms with Crippen LogP contribution < -0.4 is 5.32 Å². The lowest BCUT2D eigenvalue weighted by Gasteiger charge is -2.30. The topological polar surface area (TPSA) is 29.1 Å². The van der Waals surface area contributed by atoms with Crippen molar-refractivity contribution in [2.24, 2.45) is 0 Å². The van der Waals surface area contributed by atoms with E-state index in [2.05, 4.69) is 31.3 Å². The van der Waals surface area contributed by atoms with Crippen LogP contribution in [0.2, 0.25) is 0 Å². The molecule has 1 N–H and O–H groups in total. The Balaban J connectivity index is 2.58. The van der Waals surface area contributed by atoms with Gasteiger partial charge in [0.05, 0.1) is 11.2 Å². The molecule has 0 bridgehead atoms. The minimum absolute atomic E-state index is 0.0848. The van der Waals surface area contributed by atoms with Crippen molar-refractivity contribution in [3.63, 3.8) is 0 Å². The van der Waals surface area contributed by atoms with Gasteiger partial charge in [0.25, 0.3) is 0 Å². The van der Waals surface area contributed by atoms with Crippen LogP contribution in [0.5, 0.6) is 0 Å². The molecule has 1 aromatic carbocycles. The summed E-state index contributed by atoms with van der Waals surface area (Å²) >= 11 is 0. The predicted molar refractivity (Wildman–Crippen MR) is 63.2 cm³/mol. The number of rotatable bonds is 1. The maximum absolute atomic E-state index is 11.5. The Morgan fingerprint density at radius 1 is 1.33 bits per heavy atom. The fourth-order valence-electron chi connectivity index (χ4n) is 1.80. The van der Waals surface area contributed by atoms with E-state index in [0.717, 1.165) is 16.8 Å². The van der Waals surface area contributed by atoms with Crippen LogP contribution in [0.1, 0.15) is 36.7 Å². The zero-order valence-electron chi connectivity index (χ0n) is 9.29. The molecule has 0 aromatic heterocycles. The van der Waals surface area contributed by atoms with Gasteiger partial charge in [-0.05, 0) is 32.4 Å². The van der Waals surface area contributed by atoms with Gasteiger partial charge in [-0.2, -0.15) is 0 Å². The Morgan fingerprint density at radius 2 is 2.07 bits per heavy atom. The molecule has 1 aromatic rings. The van der Waals surface area contributed by atoms with E-state index in [0.29, 0.717) is 0 Å². The van der Waals surface area contributed by atoms with Gasteiger partial charge in [-0.15, -0.1) is 0 Å². The first-order valence-corrected chi connectivity index (χ1v) is 5.11. The molecule has 78 valence electrons. The molecule has 1 aliphatic heterocycles. The van der Waals surface area contributed by atoms with Gasteiger partial charge < -0.3 is 5.32 Å². The number of carbonyl (C=O) groups excluding carboxylic acids is 1. The molecule has 2 heteroatoms. The van der Waals surface area contributed by atoms with Crippen LogP contribution in [0.15, 0.2) is 24.3 Å². The SMILES string of the molecule is CC(=O)c1cccc2c1NC(C)(C)C=C2. The molecule has 1 aliphatic rings. The lowest BCUT2D eigenvalue weighted by Crippen LogP contribution is -2.31. The van der Waals surface area contributed by atoms with Gasteiger partial charge in [0, 0.05) is 5.56 Å². The fraction of sp³-hybridized carbons (Fsp3) is 0.308. The van der Waals surface area contributed by atoms with Gasteiger partial charge in [-0.25, -0.2) is 0 Å². The van der Waals surface area contributed by atoms with Gasteiger partial charge in [0.2, 0.25) is 0 Å². The van der Waals surface area contributed by atoms with Crippen LogP contribution in [0, 0.1) is 0 Å². The van der Waals surface area contributed by atoms with Crippen molar-refractivity contribution < 1.29 is 4.79 Å². The second-order valence-corrected chi connectivity index (χ2v) is 4.51. The lowest BCUT2D eigenvalue weighted by atomic mass is 9.93. The largest absolute Gasteiger partial charge is 0.376 e. The maximum Gasteiger partial charge on any atom is 0.161 e. The molecule has 0 unspecified atom stereocenters. The molecule has 0 saturated heterocycles. The number of benzene rings is 1. The third kappa shape index (κ3) is 1.80. The van der Waals surface area contributed by atoms with E-state index in [1.807, 2.05) is 18.2 Å². The molecular weight excluding hydrogens is 186 g/mol. The van der Waals surface area contributed by atoms with Crippen molar-refractivity contribution in [1.82, 2.24) is 0 Å². The van der Waals surface area contributed by atoms with Crippen LogP contribution >= 0.6 is 0 Å². The number of hydrogen-bond donors (Lipinski definition) is 1. The third-order valence-corrected chi connectivity index (χ3v) is 2.60. The second-order valence-electron chi connectivity index (χ2n) is 4.51. The van der Waals surface area contributed by atoms with Gasteiger partial charge in [0.1, 0.15) is 0 Å². The minimum Gasteiger partial charge on any atom is -0.376 e. The number of carbonyl (C=O) groups is 1. The molecule has 0 aliphatic carbocycles. The first kappa shape index (κ1) is 9.97. The first-order chi connectivity index (χ1) is 6.99. The van der Waals surface area contributed by atoms with E-state index in [1.54, 1.807) is 6.92 Å². The molecular formula is C13H15NO. The molecule has 15 heavy (non-hydrogen) atoms. The normalized spacial score (nSPS) is 16.7. The van der Waals surface area contributed by atoms with E-state index in [4.69, 9.17) is 0 Å². The molecule has 2 rings (SSSR count). The monoisotopic (exact) mass is 201 g/mol. The summed E-state index contributed by atoms with van der Waals surface area (Å²) in [6, 6.07) is 5.80. The van der Waals surface area contributed by atoms with E-state index in [1.165, 1.54) is 0 Å². The van der Waals surface area contributed by atoms with Gasteiger partial charge in [-0.1, -0.05) is 24.3 Å². The van der Waals surface area contributed by atoms with Crippen LogP contribution in [0.4, 0.5) is 5.69 Å². The summed E-state index contributed by atoms with van der Waals surface area (Å²) in [7, 11) is 0. The van der Waals surface area contributed by atoms with Crippen LogP contribution in [-0.4, -0.2) is 11.3 Å². The molecule has 0 spiro atoms. The molecule has 1 heterocycles. The molecule has 0 saturated carbocycles. The van der Waals surface area contributed by atoms with E-state index < -0.39 is 0 Å². The smallest absolute Gasteiger partial charge is 0.161 e. The van der Waals surface area contributed by atoms with Crippen LogP contribution in [0.3, 0.4) is 0 Å². The molecule has 2 nitrogen and oxygen atoms in total. The molecule has 0 radical (unpaired) electrons. The Kier molecular flexibility index (Phi) is 2.14. The summed E-state index contributed by atoms with van der Waals surface area (Å²) in [4.78, 5) is 11.5. The number of Topliss-reactive ketones (excluding diaryl/α,β-unsaturated/α-hetero) is 1. The summed E-state index contributed by atoms with van der Waals surface area (Å²) in [5, 5.41) is 3.38. The Morgan fingerprint density at radius 3 is 2.73 bits per heavy atom. The average molecular weight is 201 g/mol. The summed E-state index contributed by atoms with van der Waals surface area (Å²) in [5.74, 6) is 0.102. The zero-order valence-corrected chi connectivity index (χ0v) is 9.29. The molecule has 0 fully saturated rings. The fourth-order valence-corrected chi connectivity index (χ4v) is 1.80. The number of hydrogen-bond acceptors (Lipinski definition) is 2. The summed E-state index contributed by atoms with van der Waals surface area (Å²) in [5.41, 5.74) is 2.72. The Hall–Kier alpha value is -1.57. The lowest BCUT2D eigenvalue weighted by molar-refractivity contribution is 0.101. The van der Waals surface area contributed by atoms with Crippen molar-refractivity contribution in [1.29, 1.82) is 0 Å². The molecule has 0 atom stereocenters. The van der Waals surface area contributed by atoms with E-state index in [9.17, 15) is 4.79 Å². The number of para-hydroxylation sites is 1. The number of anilines is 1. The maximum atomic E-state index is 11.5. The highest BCUT2D eigenvalue weighted by atomic mass is 16.1. The first-order valence-electron chi connectivity index (χ1n) is 5.11. The van der Waals surface area contributed by atoms with E-state index in [-0.39, 0.29) is 11.3 Å². The second kappa shape index (κ2) is 3.23. The van der Waals surface area contributed by atoms with Crippen molar-refractivity contribution in [3.8, 4) is 0 Å². The van der Waals surface area contributed by atoms with Crippen molar-refractivity contribution >= 4 is 17.5 Å². The Bertz CT molecular complexity index is 444. The molecule has 0 amide bonds. The number of nitrogens with one attached hydrogen (secondary N) is 1. The van der Waals surface area contributed by atoms with Gasteiger partial charge in [-0.3, -0.25) is 4.79 Å². The quantitative estimate of drug-likeness (QED) is 0.707. The highest BCUT2D eigenvalue weighted by Crippen LogP contribution is 2.31. The third-order valence-electron chi connectivity index (χ3n) is 2.60. The van der Waals surface area contributed by atoms with Gasteiger partial charge >= 0.3 is 0 Å². The zero-order chi connectivity index (χ0) is 11.1. The van der Waals surface area contributed by atoms with Crippen molar-refractivity contribution in [3.05, 3.63) is 35.4 Å². The predicted octanol–water partition coefficient (Wildman–Crippen LogP) is 3.11. The summed E-state index contributed by atoms with van der Waals surface area (Å²) in [6.45, 7) is 5.77. The van der Waals surface area contributed by atoms with Crippen molar-refractivity contribution in [2.45, 2.75) is 26.3 Å². The summed E-state index contributed by atoms with van der Waals surface area (Å²) < 4.78 is 0. The number of fused-ring (bicyclic) bond motifs is 1. The minimum atomic E-state index is -0.0848. The van der Waals surface area contributed by atoms with E-state index >= 15 is 0 Å². The standard InChI is InChI=1S/C13H15NO/c1-9(15)11-6-4-5-10-7-8-13(2,3)14-12(10)11/h4-8,14H,1-3H3. The highest BCUT2D eigenvalue weighted by Gasteiger charge is 2.22. The van der Waals surface area contributed by atoms with Crippen LogP contribution in [0.25, 0.3) is 6.08 Å². The average Bonchev–Trinajstić information content (AvgIpc) is 2.15.